The Morgan fingerprint density at radius 2 is 2.15 bits per heavy atom. The fourth-order valence-corrected chi connectivity index (χ4v) is 2.04. The molecule has 2 aromatic rings. The largest absolute Gasteiger partial charge is 0.396 e. The Morgan fingerprint density at radius 3 is 2.75 bits per heavy atom. The van der Waals surface area contributed by atoms with Crippen LogP contribution < -0.4 is 11.1 Å². The van der Waals surface area contributed by atoms with Gasteiger partial charge in [-0.2, -0.15) is 0 Å². The van der Waals surface area contributed by atoms with Gasteiger partial charge in [-0.15, -0.1) is 10.2 Å². The Hall–Kier alpha value is -2.21. The molecule has 0 atom stereocenters. The van der Waals surface area contributed by atoms with E-state index >= 15 is 0 Å². The lowest BCUT2D eigenvalue weighted by Crippen LogP contribution is -2.20. The number of fused-ring (bicyclic) bond motifs is 1. The monoisotopic (exact) mass is 274 g/mol. The molecule has 0 radical (unpaired) electrons. The van der Waals surface area contributed by atoms with Crippen LogP contribution in [0.15, 0.2) is 18.2 Å². The minimum Gasteiger partial charge on any atom is -0.396 e. The molecule has 0 spiro atoms. The van der Waals surface area contributed by atoms with Gasteiger partial charge in [-0.05, 0) is 31.9 Å². The molecule has 0 aliphatic rings. The van der Waals surface area contributed by atoms with Gasteiger partial charge in [0.25, 0.3) is 5.91 Å². The molecule has 0 bridgehead atoms. The van der Waals surface area contributed by atoms with Crippen LogP contribution in [0.5, 0.6) is 0 Å². The fraction of sp³-hybridized carbons (Fsp3) is 0.357. The first-order valence-corrected chi connectivity index (χ1v) is 6.49. The molecule has 1 amide bonds. The summed E-state index contributed by atoms with van der Waals surface area (Å²) in [4.78, 5) is 11.5. The van der Waals surface area contributed by atoms with Crippen molar-refractivity contribution in [2.75, 3.05) is 11.9 Å². The molecule has 0 saturated heterocycles. The Bertz CT molecular complexity index is 640. The zero-order chi connectivity index (χ0) is 14.7. The fourth-order valence-electron chi connectivity index (χ4n) is 2.04. The van der Waals surface area contributed by atoms with Crippen LogP contribution in [0.3, 0.4) is 0 Å². The molecular formula is C14H18N4O2. The molecule has 6 heteroatoms. The minimum atomic E-state index is -0.609. The third kappa shape index (κ3) is 2.85. The Kier molecular flexibility index (Phi) is 4.14. The molecule has 0 aliphatic heterocycles. The summed E-state index contributed by atoms with van der Waals surface area (Å²) in [5, 5.41) is 20.9. The number of nitrogens with one attached hydrogen (secondary N) is 1. The first kappa shape index (κ1) is 14.2. The van der Waals surface area contributed by atoms with Crippen LogP contribution in [-0.4, -0.2) is 33.9 Å². The number of carbonyl (C=O) groups is 1. The van der Waals surface area contributed by atoms with Crippen LogP contribution >= 0.6 is 0 Å². The summed E-state index contributed by atoms with van der Waals surface area (Å²) in [5.41, 5.74) is 7.73. The van der Waals surface area contributed by atoms with Crippen molar-refractivity contribution < 1.29 is 9.90 Å². The maximum Gasteiger partial charge on any atom is 0.271 e. The maximum absolute atomic E-state index is 11.5. The van der Waals surface area contributed by atoms with Crippen molar-refractivity contribution in [1.29, 1.82) is 0 Å². The summed E-state index contributed by atoms with van der Waals surface area (Å²) < 4.78 is 0. The van der Waals surface area contributed by atoms with E-state index in [0.717, 1.165) is 10.9 Å². The van der Waals surface area contributed by atoms with Gasteiger partial charge in [0.05, 0.1) is 11.2 Å². The summed E-state index contributed by atoms with van der Waals surface area (Å²) in [6.45, 7) is 4.02. The molecule has 1 aromatic carbocycles. The van der Waals surface area contributed by atoms with Crippen molar-refractivity contribution in [3.63, 3.8) is 0 Å². The number of primary amides is 1. The molecule has 0 aliphatic carbocycles. The highest BCUT2D eigenvalue weighted by Gasteiger charge is 2.16. The number of benzene rings is 1. The number of aliphatic hydroxyl groups excluding tert-OH is 1. The average Bonchev–Trinajstić information content (AvgIpc) is 2.38. The van der Waals surface area contributed by atoms with Crippen LogP contribution in [0.25, 0.3) is 10.9 Å². The van der Waals surface area contributed by atoms with Gasteiger partial charge >= 0.3 is 0 Å². The van der Waals surface area contributed by atoms with Gasteiger partial charge in [-0.3, -0.25) is 4.79 Å². The van der Waals surface area contributed by atoms with Gasteiger partial charge in [-0.1, -0.05) is 12.1 Å². The molecule has 2 rings (SSSR count). The minimum absolute atomic E-state index is 0.0788. The number of hydrogen-bond acceptors (Lipinski definition) is 5. The number of nitrogens with two attached hydrogens (primary N) is 1. The standard InChI is InChI=1S/C14H18N4O2/c1-8(2)16-12-10-4-3-9(5-6-19)7-11(10)17-18-13(12)14(15)20/h3-4,7-8,19H,5-6H2,1-2H3,(H2,15,20)(H,16,17). The van der Waals surface area contributed by atoms with E-state index in [4.69, 9.17) is 10.8 Å². The van der Waals surface area contributed by atoms with Gasteiger partial charge < -0.3 is 16.2 Å². The van der Waals surface area contributed by atoms with Crippen LogP contribution in [0, 0.1) is 0 Å². The van der Waals surface area contributed by atoms with E-state index in [-0.39, 0.29) is 18.3 Å². The lowest BCUT2D eigenvalue weighted by atomic mass is 10.1. The van der Waals surface area contributed by atoms with Crippen molar-refractivity contribution in [1.82, 2.24) is 10.2 Å². The highest BCUT2D eigenvalue weighted by molar-refractivity contribution is 6.04. The molecule has 106 valence electrons. The number of aliphatic hydroxyl groups is 1. The lowest BCUT2D eigenvalue weighted by Gasteiger charge is -2.15. The molecule has 0 saturated carbocycles. The van der Waals surface area contributed by atoms with Crippen molar-refractivity contribution in [2.45, 2.75) is 26.3 Å². The zero-order valence-electron chi connectivity index (χ0n) is 11.6. The number of aromatic nitrogens is 2. The Balaban J connectivity index is 2.61. The van der Waals surface area contributed by atoms with E-state index in [1.807, 2.05) is 32.0 Å². The molecular weight excluding hydrogens is 256 g/mol. The van der Waals surface area contributed by atoms with E-state index in [1.54, 1.807) is 0 Å². The summed E-state index contributed by atoms with van der Waals surface area (Å²) in [6, 6.07) is 5.76. The third-order valence-electron chi connectivity index (χ3n) is 2.89. The topological polar surface area (TPSA) is 101 Å². The van der Waals surface area contributed by atoms with Crippen LogP contribution in [0.4, 0.5) is 5.69 Å². The van der Waals surface area contributed by atoms with Gasteiger partial charge in [0.2, 0.25) is 0 Å². The van der Waals surface area contributed by atoms with Crippen LogP contribution in [-0.2, 0) is 6.42 Å². The second kappa shape index (κ2) is 5.83. The highest BCUT2D eigenvalue weighted by Crippen LogP contribution is 2.26. The van der Waals surface area contributed by atoms with Crippen molar-refractivity contribution >= 4 is 22.5 Å². The molecule has 20 heavy (non-hydrogen) atoms. The first-order valence-electron chi connectivity index (χ1n) is 6.49. The van der Waals surface area contributed by atoms with Crippen molar-refractivity contribution in [2.24, 2.45) is 5.73 Å². The number of hydrogen-bond donors (Lipinski definition) is 3. The Labute approximate surface area is 117 Å². The predicted octanol–water partition coefficient (Wildman–Crippen LogP) is 1.08. The van der Waals surface area contributed by atoms with Gasteiger partial charge in [0.1, 0.15) is 0 Å². The highest BCUT2D eigenvalue weighted by atomic mass is 16.2. The first-order chi connectivity index (χ1) is 9.52. The maximum atomic E-state index is 11.5. The van der Waals surface area contributed by atoms with E-state index < -0.39 is 5.91 Å². The van der Waals surface area contributed by atoms with Gasteiger partial charge in [0, 0.05) is 18.0 Å². The quantitative estimate of drug-likeness (QED) is 0.757. The summed E-state index contributed by atoms with van der Waals surface area (Å²) in [5.74, 6) is -0.609. The number of carbonyl (C=O) groups excluding carboxylic acids is 1. The normalized spacial score (nSPS) is 11.0. The number of rotatable bonds is 5. The van der Waals surface area contributed by atoms with Crippen LogP contribution in [0.1, 0.15) is 29.9 Å². The summed E-state index contributed by atoms with van der Waals surface area (Å²) in [6.07, 6.45) is 0.558. The van der Waals surface area contributed by atoms with Crippen molar-refractivity contribution in [3.05, 3.63) is 29.5 Å². The smallest absolute Gasteiger partial charge is 0.271 e. The van der Waals surface area contributed by atoms with E-state index in [2.05, 4.69) is 15.5 Å². The number of amides is 1. The third-order valence-corrected chi connectivity index (χ3v) is 2.89. The molecule has 1 heterocycles. The second-order valence-electron chi connectivity index (χ2n) is 4.91. The molecule has 0 unspecified atom stereocenters. The predicted molar refractivity (Wildman–Crippen MR) is 77.6 cm³/mol. The number of anilines is 1. The number of nitrogens with zero attached hydrogens (tertiary/aromatic N) is 2. The molecule has 4 N–H and O–H groups in total. The van der Waals surface area contributed by atoms with Gasteiger partial charge in [-0.25, -0.2) is 0 Å². The van der Waals surface area contributed by atoms with Crippen molar-refractivity contribution in [3.8, 4) is 0 Å². The summed E-state index contributed by atoms with van der Waals surface area (Å²) in [7, 11) is 0. The lowest BCUT2D eigenvalue weighted by molar-refractivity contribution is 0.0995. The Morgan fingerprint density at radius 1 is 1.40 bits per heavy atom. The van der Waals surface area contributed by atoms with E-state index in [9.17, 15) is 4.79 Å². The summed E-state index contributed by atoms with van der Waals surface area (Å²) >= 11 is 0. The van der Waals surface area contributed by atoms with Gasteiger partial charge in [0.15, 0.2) is 5.69 Å². The molecule has 6 nitrogen and oxygen atoms in total. The van der Waals surface area contributed by atoms with Crippen LogP contribution in [0.2, 0.25) is 0 Å². The molecule has 1 aromatic heterocycles. The zero-order valence-corrected chi connectivity index (χ0v) is 11.6. The second-order valence-corrected chi connectivity index (χ2v) is 4.91. The van der Waals surface area contributed by atoms with E-state index in [1.165, 1.54) is 0 Å². The SMILES string of the molecule is CC(C)Nc1c(C(N)=O)nnc2cc(CCO)ccc12. The van der Waals surface area contributed by atoms with E-state index in [0.29, 0.717) is 17.6 Å². The average molecular weight is 274 g/mol. The molecule has 0 fully saturated rings.